The second-order valence-corrected chi connectivity index (χ2v) is 3.96. The molecule has 2 aromatic heterocycles. The van der Waals surface area contributed by atoms with Crippen LogP contribution in [0, 0.1) is 6.92 Å². The Morgan fingerprint density at radius 3 is 2.88 bits per heavy atom. The van der Waals surface area contributed by atoms with Crippen molar-refractivity contribution in [3.63, 3.8) is 0 Å². The summed E-state index contributed by atoms with van der Waals surface area (Å²) >= 11 is 3.09. The van der Waals surface area contributed by atoms with Gasteiger partial charge in [0.1, 0.15) is 10.3 Å². The number of hydrogen-bond donors (Lipinski definition) is 1. The first-order chi connectivity index (χ1) is 7.49. The van der Waals surface area contributed by atoms with E-state index in [9.17, 15) is 14.7 Å². The Morgan fingerprint density at radius 2 is 2.25 bits per heavy atom. The number of rotatable bonds is 2. The number of carboxylic acids is 1. The van der Waals surface area contributed by atoms with E-state index in [0.29, 0.717) is 10.2 Å². The normalized spacial score (nSPS) is 10.9. The highest BCUT2D eigenvalue weighted by molar-refractivity contribution is 9.10. The number of aryl methyl sites for hydroxylation is 1. The number of aromatic amines is 1. The smallest absolute Gasteiger partial charge is 0.288 e. The van der Waals surface area contributed by atoms with Crippen LogP contribution < -0.4 is 10.7 Å². The number of carboxylic acid groups (broad SMARTS) is 1. The molecule has 1 N–H and O–H groups in total. The predicted molar refractivity (Wildman–Crippen MR) is 54.8 cm³/mol. The molecule has 0 amide bonds. The van der Waals surface area contributed by atoms with Crippen LogP contribution in [0.2, 0.25) is 0 Å². The second-order valence-electron chi connectivity index (χ2n) is 3.17. The van der Waals surface area contributed by atoms with E-state index in [1.165, 1.54) is 0 Å². The van der Waals surface area contributed by atoms with Crippen LogP contribution >= 0.6 is 15.9 Å². The third-order valence-electron chi connectivity index (χ3n) is 1.96. The average molecular weight is 286 g/mol. The van der Waals surface area contributed by atoms with Gasteiger partial charge in [-0.1, -0.05) is 0 Å². The van der Waals surface area contributed by atoms with Crippen LogP contribution in [-0.4, -0.2) is 25.6 Å². The van der Waals surface area contributed by atoms with E-state index in [-0.39, 0.29) is 23.6 Å². The quantitative estimate of drug-likeness (QED) is 0.745. The maximum atomic E-state index is 11.7. The van der Waals surface area contributed by atoms with Crippen molar-refractivity contribution in [2.75, 3.05) is 0 Å². The lowest BCUT2D eigenvalue weighted by Crippen LogP contribution is -2.25. The zero-order chi connectivity index (χ0) is 11.9. The topological polar surface area (TPSA) is 103 Å². The first-order valence-electron chi connectivity index (χ1n) is 4.32. The summed E-state index contributed by atoms with van der Waals surface area (Å²) in [6, 6.07) is 0. The minimum absolute atomic E-state index is 0.127. The van der Waals surface area contributed by atoms with Gasteiger partial charge in [0.25, 0.3) is 11.3 Å². The molecule has 2 aromatic rings. The summed E-state index contributed by atoms with van der Waals surface area (Å²) in [6.07, 6.45) is -0.389. The highest BCUT2D eigenvalue weighted by Gasteiger charge is 2.10. The molecular formula is C8H6BrN4O3-. The second kappa shape index (κ2) is 3.71. The Morgan fingerprint density at radius 1 is 1.56 bits per heavy atom. The largest absolute Gasteiger partial charge is 0.550 e. The molecular weight excluding hydrogens is 280 g/mol. The van der Waals surface area contributed by atoms with Gasteiger partial charge in [0.15, 0.2) is 0 Å². The summed E-state index contributed by atoms with van der Waals surface area (Å²) in [5.41, 5.74) is 0.135. The molecule has 7 nitrogen and oxygen atoms in total. The zero-order valence-corrected chi connectivity index (χ0v) is 9.74. The number of halogens is 1. The number of aliphatic carboxylic acids is 1. The van der Waals surface area contributed by atoms with Gasteiger partial charge in [-0.05, 0) is 22.9 Å². The Balaban J connectivity index is 2.67. The number of hydrogen-bond acceptors (Lipinski definition) is 5. The molecule has 84 valence electrons. The number of carbonyl (C=O) groups is 1. The molecule has 16 heavy (non-hydrogen) atoms. The van der Waals surface area contributed by atoms with Crippen molar-refractivity contribution in [3.05, 3.63) is 26.3 Å². The molecule has 0 bridgehead atoms. The van der Waals surface area contributed by atoms with Crippen LogP contribution in [0.5, 0.6) is 0 Å². The lowest BCUT2D eigenvalue weighted by molar-refractivity contribution is -0.304. The van der Waals surface area contributed by atoms with Crippen LogP contribution in [0.25, 0.3) is 5.78 Å². The maximum absolute atomic E-state index is 11.7. The van der Waals surface area contributed by atoms with E-state index in [1.54, 1.807) is 6.92 Å². The third-order valence-corrected chi connectivity index (χ3v) is 2.88. The van der Waals surface area contributed by atoms with Gasteiger partial charge >= 0.3 is 0 Å². The van der Waals surface area contributed by atoms with E-state index < -0.39 is 5.97 Å². The van der Waals surface area contributed by atoms with Crippen molar-refractivity contribution in [2.45, 2.75) is 13.3 Å². The van der Waals surface area contributed by atoms with Gasteiger partial charge in [-0.3, -0.25) is 9.89 Å². The van der Waals surface area contributed by atoms with Gasteiger partial charge in [0, 0.05) is 12.4 Å². The number of aromatic nitrogens is 4. The van der Waals surface area contributed by atoms with Crippen LogP contribution in [0.4, 0.5) is 0 Å². The Bertz CT molecular complexity index is 630. The lowest BCUT2D eigenvalue weighted by atomic mass is 10.4. The van der Waals surface area contributed by atoms with E-state index >= 15 is 0 Å². The van der Waals surface area contributed by atoms with E-state index in [4.69, 9.17) is 0 Å². The third kappa shape index (κ3) is 1.71. The number of carbonyl (C=O) groups excluding carboxylic acids is 1. The maximum Gasteiger partial charge on any atom is 0.288 e. The molecule has 0 saturated heterocycles. The fourth-order valence-corrected chi connectivity index (χ4v) is 1.53. The number of nitrogens with zero attached hydrogens (tertiary/aromatic N) is 3. The minimum Gasteiger partial charge on any atom is -0.550 e. The number of nitrogens with one attached hydrogen (secondary N) is 1. The van der Waals surface area contributed by atoms with Crippen molar-refractivity contribution in [1.29, 1.82) is 0 Å². The van der Waals surface area contributed by atoms with Gasteiger partial charge in [0.2, 0.25) is 0 Å². The molecule has 0 atom stereocenters. The van der Waals surface area contributed by atoms with Crippen molar-refractivity contribution in [2.24, 2.45) is 0 Å². The molecule has 0 aliphatic carbocycles. The lowest BCUT2D eigenvalue weighted by Gasteiger charge is -1.96. The Labute approximate surface area is 97.3 Å². The summed E-state index contributed by atoms with van der Waals surface area (Å²) in [7, 11) is 0. The molecule has 0 aliphatic rings. The summed E-state index contributed by atoms with van der Waals surface area (Å²) in [5, 5.41) is 12.9. The molecule has 0 radical (unpaired) electrons. The zero-order valence-electron chi connectivity index (χ0n) is 8.15. The van der Waals surface area contributed by atoms with Gasteiger partial charge in [-0.25, -0.2) is 4.98 Å². The SMILES string of the molecule is Cc1nc2nc(CC(=O)[O-])[nH]n2c(=O)c1Br. The molecule has 8 heteroatoms. The van der Waals surface area contributed by atoms with E-state index in [1.807, 2.05) is 0 Å². The van der Waals surface area contributed by atoms with Crippen LogP contribution in [0.1, 0.15) is 11.5 Å². The monoisotopic (exact) mass is 285 g/mol. The van der Waals surface area contributed by atoms with E-state index in [2.05, 4.69) is 31.0 Å². The first kappa shape index (κ1) is 10.8. The molecule has 2 heterocycles. The average Bonchev–Trinajstić information content (AvgIpc) is 2.56. The summed E-state index contributed by atoms with van der Waals surface area (Å²) in [6.45, 7) is 1.65. The summed E-state index contributed by atoms with van der Waals surface area (Å²) in [5.74, 6) is -1.01. The minimum atomic E-state index is -1.28. The highest BCUT2D eigenvalue weighted by atomic mass is 79.9. The van der Waals surface area contributed by atoms with Crippen molar-refractivity contribution in [3.8, 4) is 0 Å². The number of fused-ring (bicyclic) bond motifs is 1. The molecule has 2 rings (SSSR count). The standard InChI is InChI=1S/C8H7BrN4O3/c1-3-6(9)7(16)13-8(10-3)11-4(12-13)2-5(14)15/h2H2,1H3,(H,14,15)(H,10,11,12)/p-1. The van der Waals surface area contributed by atoms with Gasteiger partial charge in [-0.15, -0.1) is 0 Å². The van der Waals surface area contributed by atoms with Gasteiger partial charge in [0.05, 0.1) is 5.69 Å². The fourth-order valence-electron chi connectivity index (χ4n) is 1.26. The predicted octanol–water partition coefficient (Wildman–Crippen LogP) is -1.22. The van der Waals surface area contributed by atoms with Crippen LogP contribution in [0.15, 0.2) is 9.27 Å². The van der Waals surface area contributed by atoms with Gasteiger partial charge < -0.3 is 9.90 Å². The van der Waals surface area contributed by atoms with Crippen molar-refractivity contribution >= 4 is 27.7 Å². The highest BCUT2D eigenvalue weighted by Crippen LogP contribution is 2.08. The first-order valence-corrected chi connectivity index (χ1v) is 5.12. The van der Waals surface area contributed by atoms with Crippen LogP contribution in [-0.2, 0) is 11.2 Å². The summed E-state index contributed by atoms with van der Waals surface area (Å²) in [4.78, 5) is 30.0. The van der Waals surface area contributed by atoms with Gasteiger partial charge in [-0.2, -0.15) is 9.50 Å². The molecule has 0 aliphatic heterocycles. The molecule has 0 fully saturated rings. The molecule has 0 unspecified atom stereocenters. The number of H-pyrrole nitrogens is 1. The van der Waals surface area contributed by atoms with Crippen molar-refractivity contribution in [1.82, 2.24) is 19.6 Å². The van der Waals surface area contributed by atoms with E-state index in [0.717, 1.165) is 4.52 Å². The fraction of sp³-hybridized carbons (Fsp3) is 0.250. The molecule has 0 spiro atoms. The van der Waals surface area contributed by atoms with Crippen molar-refractivity contribution < 1.29 is 9.90 Å². The molecule has 0 saturated carbocycles. The summed E-state index contributed by atoms with van der Waals surface area (Å²) < 4.78 is 1.39. The Hall–Kier alpha value is -1.70. The van der Waals surface area contributed by atoms with Crippen LogP contribution in [0.3, 0.4) is 0 Å². The molecule has 0 aromatic carbocycles. The Kier molecular flexibility index (Phi) is 2.50.